The highest BCUT2D eigenvalue weighted by atomic mass is 16.5. The molecule has 1 aliphatic rings. The molecule has 1 aliphatic heterocycles. The van der Waals surface area contributed by atoms with Gasteiger partial charge < -0.3 is 15.0 Å². The summed E-state index contributed by atoms with van der Waals surface area (Å²) in [6.07, 6.45) is 1.57. The first-order valence-corrected chi connectivity index (χ1v) is 8.99. The zero-order chi connectivity index (χ0) is 18.5. The van der Waals surface area contributed by atoms with Crippen molar-refractivity contribution in [3.63, 3.8) is 0 Å². The second-order valence-corrected chi connectivity index (χ2v) is 6.77. The van der Waals surface area contributed by atoms with Crippen LogP contribution in [-0.4, -0.2) is 29.3 Å². The van der Waals surface area contributed by atoms with E-state index < -0.39 is 0 Å². The molecule has 3 rings (SSSR count). The third kappa shape index (κ3) is 4.23. The Kier molecular flexibility index (Phi) is 5.56. The molecule has 2 aromatic carbocycles. The molecule has 1 atom stereocenters. The Balaban J connectivity index is 1.61. The smallest absolute Gasteiger partial charge is 0.247 e. The molecule has 0 aromatic heterocycles. The first-order chi connectivity index (χ1) is 12.5. The van der Waals surface area contributed by atoms with Gasteiger partial charge in [-0.25, -0.2) is 0 Å². The van der Waals surface area contributed by atoms with Crippen LogP contribution in [-0.2, 0) is 9.59 Å². The fraction of sp³-hybridized carbons (Fsp3) is 0.333. The molecule has 1 unspecified atom stereocenters. The number of nitrogens with zero attached hydrogens (tertiary/aromatic N) is 1. The van der Waals surface area contributed by atoms with Crippen molar-refractivity contribution in [1.29, 1.82) is 0 Å². The summed E-state index contributed by atoms with van der Waals surface area (Å²) in [5.74, 6) is 1.27. The van der Waals surface area contributed by atoms with Gasteiger partial charge >= 0.3 is 0 Å². The number of para-hydroxylation sites is 1. The van der Waals surface area contributed by atoms with Crippen molar-refractivity contribution in [2.24, 2.45) is 5.92 Å². The van der Waals surface area contributed by atoms with E-state index in [4.69, 9.17) is 4.74 Å². The molecule has 26 heavy (non-hydrogen) atoms. The standard InChI is InChI=1S/C21H24N2O3/c1-15(2)21(25)23-14-6-9-19(23)20(24)22-16-10-12-18(13-11-16)26-17-7-4-3-5-8-17/h3-5,7-8,10-13,15,19H,6,9,14H2,1-2H3,(H,22,24). The maximum atomic E-state index is 12.6. The predicted molar refractivity (Wildman–Crippen MR) is 101 cm³/mol. The average Bonchev–Trinajstić information content (AvgIpc) is 3.13. The van der Waals surface area contributed by atoms with Gasteiger partial charge in [-0.1, -0.05) is 32.0 Å². The highest BCUT2D eigenvalue weighted by Gasteiger charge is 2.34. The molecule has 2 amide bonds. The van der Waals surface area contributed by atoms with Crippen LogP contribution in [0.1, 0.15) is 26.7 Å². The van der Waals surface area contributed by atoms with E-state index in [2.05, 4.69) is 5.32 Å². The van der Waals surface area contributed by atoms with Gasteiger partial charge in [-0.3, -0.25) is 9.59 Å². The lowest BCUT2D eigenvalue weighted by molar-refractivity contribution is -0.139. The number of benzene rings is 2. The van der Waals surface area contributed by atoms with Gasteiger partial charge in [0.25, 0.3) is 0 Å². The lowest BCUT2D eigenvalue weighted by Gasteiger charge is -2.25. The van der Waals surface area contributed by atoms with Gasteiger partial charge in [0.05, 0.1) is 0 Å². The fourth-order valence-corrected chi connectivity index (χ4v) is 3.09. The van der Waals surface area contributed by atoms with Crippen molar-refractivity contribution in [1.82, 2.24) is 4.90 Å². The number of anilines is 1. The Labute approximate surface area is 154 Å². The number of likely N-dealkylation sites (tertiary alicyclic amines) is 1. The first kappa shape index (κ1) is 18.0. The summed E-state index contributed by atoms with van der Waals surface area (Å²) >= 11 is 0. The van der Waals surface area contributed by atoms with Gasteiger partial charge in [0.1, 0.15) is 17.5 Å². The van der Waals surface area contributed by atoms with E-state index in [0.717, 1.165) is 12.2 Å². The summed E-state index contributed by atoms with van der Waals surface area (Å²) in [6, 6.07) is 16.4. The van der Waals surface area contributed by atoms with Crippen LogP contribution >= 0.6 is 0 Å². The molecule has 0 spiro atoms. The van der Waals surface area contributed by atoms with Crippen LogP contribution in [0.25, 0.3) is 0 Å². The Morgan fingerprint density at radius 3 is 2.35 bits per heavy atom. The Morgan fingerprint density at radius 1 is 1.04 bits per heavy atom. The van der Waals surface area contributed by atoms with E-state index >= 15 is 0 Å². The van der Waals surface area contributed by atoms with Crippen LogP contribution < -0.4 is 10.1 Å². The molecule has 5 heteroatoms. The topological polar surface area (TPSA) is 58.6 Å². The SMILES string of the molecule is CC(C)C(=O)N1CCCC1C(=O)Nc1ccc(Oc2ccccc2)cc1. The van der Waals surface area contributed by atoms with Crippen molar-refractivity contribution in [3.05, 3.63) is 54.6 Å². The second-order valence-electron chi connectivity index (χ2n) is 6.77. The average molecular weight is 352 g/mol. The van der Waals surface area contributed by atoms with E-state index in [-0.39, 0.29) is 23.8 Å². The number of hydrogen-bond donors (Lipinski definition) is 1. The Bertz CT molecular complexity index is 757. The summed E-state index contributed by atoms with van der Waals surface area (Å²) in [7, 11) is 0. The molecule has 0 aliphatic carbocycles. The Morgan fingerprint density at radius 2 is 1.69 bits per heavy atom. The van der Waals surface area contributed by atoms with Crippen LogP contribution in [0.2, 0.25) is 0 Å². The summed E-state index contributed by atoms with van der Waals surface area (Å²) < 4.78 is 5.75. The number of ether oxygens (including phenoxy) is 1. The minimum absolute atomic E-state index is 0.0364. The van der Waals surface area contributed by atoms with Gasteiger partial charge in [-0.2, -0.15) is 0 Å². The van der Waals surface area contributed by atoms with Crippen molar-refractivity contribution >= 4 is 17.5 Å². The third-order valence-electron chi connectivity index (χ3n) is 4.43. The highest BCUT2D eigenvalue weighted by molar-refractivity contribution is 5.97. The van der Waals surface area contributed by atoms with E-state index in [9.17, 15) is 9.59 Å². The van der Waals surface area contributed by atoms with Crippen LogP contribution in [0.15, 0.2) is 54.6 Å². The van der Waals surface area contributed by atoms with E-state index in [1.54, 1.807) is 17.0 Å². The molecular formula is C21H24N2O3. The largest absolute Gasteiger partial charge is 0.457 e. The van der Waals surface area contributed by atoms with Crippen molar-refractivity contribution in [3.8, 4) is 11.5 Å². The van der Waals surface area contributed by atoms with Gasteiger partial charge in [-0.05, 0) is 49.2 Å². The number of carbonyl (C=O) groups is 2. The molecular weight excluding hydrogens is 328 g/mol. The summed E-state index contributed by atoms with van der Waals surface area (Å²) in [5.41, 5.74) is 0.694. The summed E-state index contributed by atoms with van der Waals surface area (Å²) in [4.78, 5) is 26.6. The molecule has 136 valence electrons. The van der Waals surface area contributed by atoms with Gasteiger partial charge in [0.15, 0.2) is 0 Å². The molecule has 2 aromatic rings. The fourth-order valence-electron chi connectivity index (χ4n) is 3.09. The van der Waals surface area contributed by atoms with Crippen molar-refractivity contribution in [2.45, 2.75) is 32.7 Å². The zero-order valence-electron chi connectivity index (χ0n) is 15.1. The second kappa shape index (κ2) is 8.04. The molecule has 1 heterocycles. The molecule has 5 nitrogen and oxygen atoms in total. The molecule has 0 radical (unpaired) electrons. The molecule has 1 N–H and O–H groups in total. The van der Waals surface area contributed by atoms with E-state index in [1.165, 1.54) is 0 Å². The summed E-state index contributed by atoms with van der Waals surface area (Å²) in [5, 5.41) is 2.91. The van der Waals surface area contributed by atoms with Crippen LogP contribution in [0.4, 0.5) is 5.69 Å². The highest BCUT2D eigenvalue weighted by Crippen LogP contribution is 2.24. The minimum atomic E-state index is -0.384. The third-order valence-corrected chi connectivity index (χ3v) is 4.43. The van der Waals surface area contributed by atoms with E-state index in [0.29, 0.717) is 24.4 Å². The molecule has 0 bridgehead atoms. The first-order valence-electron chi connectivity index (χ1n) is 8.99. The number of hydrogen-bond acceptors (Lipinski definition) is 3. The number of nitrogens with one attached hydrogen (secondary N) is 1. The van der Waals surface area contributed by atoms with Crippen LogP contribution in [0.3, 0.4) is 0 Å². The molecule has 0 saturated carbocycles. The molecule has 1 saturated heterocycles. The summed E-state index contributed by atoms with van der Waals surface area (Å²) in [6.45, 7) is 4.38. The normalized spacial score (nSPS) is 16.6. The Hall–Kier alpha value is -2.82. The maximum absolute atomic E-state index is 12.6. The maximum Gasteiger partial charge on any atom is 0.247 e. The number of rotatable bonds is 5. The van der Waals surface area contributed by atoms with Crippen LogP contribution in [0, 0.1) is 5.92 Å². The molecule has 1 fully saturated rings. The predicted octanol–water partition coefficient (Wildman–Crippen LogP) is 4.06. The van der Waals surface area contributed by atoms with E-state index in [1.807, 2.05) is 56.3 Å². The monoisotopic (exact) mass is 352 g/mol. The lowest BCUT2D eigenvalue weighted by atomic mass is 10.1. The zero-order valence-corrected chi connectivity index (χ0v) is 15.1. The van der Waals surface area contributed by atoms with Crippen LogP contribution in [0.5, 0.6) is 11.5 Å². The number of carbonyl (C=O) groups excluding carboxylic acids is 2. The van der Waals surface area contributed by atoms with Gasteiger partial charge in [0, 0.05) is 18.2 Å². The van der Waals surface area contributed by atoms with Crippen molar-refractivity contribution < 1.29 is 14.3 Å². The quantitative estimate of drug-likeness (QED) is 0.883. The number of amides is 2. The van der Waals surface area contributed by atoms with Crippen molar-refractivity contribution in [2.75, 3.05) is 11.9 Å². The minimum Gasteiger partial charge on any atom is -0.457 e. The van der Waals surface area contributed by atoms with Gasteiger partial charge in [0.2, 0.25) is 11.8 Å². The lowest BCUT2D eigenvalue weighted by Crippen LogP contribution is -2.44. The van der Waals surface area contributed by atoms with Gasteiger partial charge in [-0.15, -0.1) is 0 Å².